The fraction of sp³-hybridized carbons (Fsp3) is 0. The maximum Gasteiger partial charge on any atom is 0.242 e. The molecule has 0 saturated carbocycles. The van der Waals surface area contributed by atoms with E-state index in [1.807, 2.05) is 0 Å². The van der Waals surface area contributed by atoms with Crippen molar-refractivity contribution in [2.24, 2.45) is 0 Å². The van der Waals surface area contributed by atoms with Crippen molar-refractivity contribution in [3.8, 4) is 11.1 Å². The summed E-state index contributed by atoms with van der Waals surface area (Å²) >= 11 is 0. The van der Waals surface area contributed by atoms with Crippen LogP contribution >= 0.6 is 0 Å². The number of hydrogen-bond donors (Lipinski definition) is 1. The second-order valence-corrected chi connectivity index (χ2v) is 4.68. The first-order valence-corrected chi connectivity index (χ1v) is 6.27. The molecule has 1 N–H and O–H groups in total. The zero-order valence-electron chi connectivity index (χ0n) is 11.0. The normalized spacial score (nSPS) is 10.9. The molecule has 0 saturated heterocycles. The summed E-state index contributed by atoms with van der Waals surface area (Å²) in [4.78, 5) is 25.1. The van der Waals surface area contributed by atoms with Crippen molar-refractivity contribution in [2.45, 2.75) is 0 Å². The van der Waals surface area contributed by atoms with E-state index in [1.54, 1.807) is 0 Å². The van der Waals surface area contributed by atoms with Crippen molar-refractivity contribution in [1.29, 1.82) is 0 Å². The minimum Gasteiger partial charge on any atom is -0.351 e. The van der Waals surface area contributed by atoms with Crippen molar-refractivity contribution >= 4 is 23.0 Å². The molecule has 6 heteroatoms. The van der Waals surface area contributed by atoms with Gasteiger partial charge in [0.15, 0.2) is 17.9 Å². The number of halogens is 3. The lowest BCUT2D eigenvalue weighted by Crippen LogP contribution is -2.02. The summed E-state index contributed by atoms with van der Waals surface area (Å²) in [5, 5.41) is 0.232. The summed E-state index contributed by atoms with van der Waals surface area (Å²) in [5.41, 5.74) is 0.708. The molecule has 3 aromatic rings. The standard InChI is InChI=1S/C16H8F3NO2/c17-9-3-1-8(2-4-9)15-10-5-11(18)12(19)6-13(10)20-16(15)14(22)7-21/h1-7,20H. The van der Waals surface area contributed by atoms with Crippen LogP contribution in [0.4, 0.5) is 13.2 Å². The fourth-order valence-corrected chi connectivity index (χ4v) is 2.35. The van der Waals surface area contributed by atoms with Crippen LogP contribution in [0.25, 0.3) is 22.0 Å². The number of aromatic amines is 1. The number of aldehydes is 1. The molecule has 0 amide bonds. The van der Waals surface area contributed by atoms with E-state index in [-0.39, 0.29) is 28.4 Å². The third-order valence-electron chi connectivity index (χ3n) is 3.33. The summed E-state index contributed by atoms with van der Waals surface area (Å²) in [6, 6.07) is 6.95. The van der Waals surface area contributed by atoms with Crippen LogP contribution in [-0.2, 0) is 4.79 Å². The molecule has 0 aliphatic carbocycles. The number of benzene rings is 2. The van der Waals surface area contributed by atoms with Gasteiger partial charge in [-0.15, -0.1) is 0 Å². The lowest BCUT2D eigenvalue weighted by atomic mass is 10.0. The van der Waals surface area contributed by atoms with Crippen LogP contribution in [0.5, 0.6) is 0 Å². The number of Topliss-reactive ketones (excluding diaryl/α,β-unsaturated/α-hetero) is 1. The van der Waals surface area contributed by atoms with Gasteiger partial charge in [0, 0.05) is 22.5 Å². The average molecular weight is 303 g/mol. The second kappa shape index (κ2) is 5.14. The molecule has 110 valence electrons. The lowest BCUT2D eigenvalue weighted by molar-refractivity contribution is -0.104. The van der Waals surface area contributed by atoms with E-state index < -0.39 is 23.2 Å². The number of nitrogens with one attached hydrogen (secondary N) is 1. The molecule has 3 nitrogen and oxygen atoms in total. The van der Waals surface area contributed by atoms with Crippen LogP contribution in [0, 0.1) is 17.5 Å². The SMILES string of the molecule is O=CC(=O)c1[nH]c2cc(F)c(F)cc2c1-c1ccc(F)cc1. The Kier molecular flexibility index (Phi) is 3.29. The molecule has 0 radical (unpaired) electrons. The van der Waals surface area contributed by atoms with Gasteiger partial charge >= 0.3 is 0 Å². The van der Waals surface area contributed by atoms with Gasteiger partial charge in [0.2, 0.25) is 5.78 Å². The van der Waals surface area contributed by atoms with Crippen LogP contribution in [0.1, 0.15) is 10.5 Å². The van der Waals surface area contributed by atoms with E-state index in [0.29, 0.717) is 5.56 Å². The third kappa shape index (κ3) is 2.18. The molecule has 1 heterocycles. The number of ketones is 1. The van der Waals surface area contributed by atoms with Crippen LogP contribution in [0.3, 0.4) is 0 Å². The van der Waals surface area contributed by atoms with E-state index in [2.05, 4.69) is 4.98 Å². The predicted molar refractivity (Wildman–Crippen MR) is 74.0 cm³/mol. The molecule has 3 rings (SSSR count). The highest BCUT2D eigenvalue weighted by Gasteiger charge is 2.20. The van der Waals surface area contributed by atoms with E-state index in [0.717, 1.165) is 12.1 Å². The largest absolute Gasteiger partial charge is 0.351 e. The Labute approximate surface area is 122 Å². The van der Waals surface area contributed by atoms with E-state index >= 15 is 0 Å². The maximum atomic E-state index is 13.5. The third-order valence-corrected chi connectivity index (χ3v) is 3.33. The van der Waals surface area contributed by atoms with Gasteiger partial charge in [0.05, 0.1) is 5.69 Å². The number of hydrogen-bond acceptors (Lipinski definition) is 2. The Hall–Kier alpha value is -2.89. The second-order valence-electron chi connectivity index (χ2n) is 4.68. The zero-order chi connectivity index (χ0) is 15.9. The minimum absolute atomic E-state index is 0.0957. The summed E-state index contributed by atoms with van der Waals surface area (Å²) < 4.78 is 39.9. The highest BCUT2D eigenvalue weighted by molar-refractivity contribution is 6.35. The van der Waals surface area contributed by atoms with Crippen LogP contribution in [-0.4, -0.2) is 17.1 Å². The van der Waals surface area contributed by atoms with E-state index in [9.17, 15) is 22.8 Å². The van der Waals surface area contributed by atoms with Gasteiger partial charge in [-0.3, -0.25) is 9.59 Å². The Morgan fingerprint density at radius 2 is 1.64 bits per heavy atom. The molecule has 0 atom stereocenters. The molecule has 0 bridgehead atoms. The molecule has 0 spiro atoms. The summed E-state index contributed by atoms with van der Waals surface area (Å²) in [6.07, 6.45) is 0.102. The van der Waals surface area contributed by atoms with Crippen molar-refractivity contribution in [3.05, 3.63) is 59.5 Å². The molecular weight excluding hydrogens is 295 g/mol. The molecule has 0 fully saturated rings. The molecule has 0 unspecified atom stereocenters. The summed E-state index contributed by atoms with van der Waals surface area (Å²) in [6.45, 7) is 0. The first-order valence-electron chi connectivity index (χ1n) is 6.27. The molecule has 0 aliphatic heterocycles. The quantitative estimate of drug-likeness (QED) is 0.456. The molecule has 1 aromatic heterocycles. The van der Waals surface area contributed by atoms with Gasteiger partial charge < -0.3 is 4.98 Å². The zero-order valence-corrected chi connectivity index (χ0v) is 11.0. The monoisotopic (exact) mass is 303 g/mol. The van der Waals surface area contributed by atoms with Gasteiger partial charge in [0.1, 0.15) is 5.82 Å². The van der Waals surface area contributed by atoms with Gasteiger partial charge in [-0.25, -0.2) is 13.2 Å². The average Bonchev–Trinajstić information content (AvgIpc) is 2.86. The molecular formula is C16H8F3NO2. The minimum atomic E-state index is -1.08. The number of aromatic nitrogens is 1. The Morgan fingerprint density at radius 3 is 2.27 bits per heavy atom. The highest BCUT2D eigenvalue weighted by Crippen LogP contribution is 2.33. The summed E-state index contributed by atoms with van der Waals surface area (Å²) in [7, 11) is 0. The number of H-pyrrole nitrogens is 1. The first kappa shape index (κ1) is 14.1. The van der Waals surface area contributed by atoms with Crippen molar-refractivity contribution in [2.75, 3.05) is 0 Å². The van der Waals surface area contributed by atoms with Crippen LogP contribution in [0.15, 0.2) is 36.4 Å². The smallest absolute Gasteiger partial charge is 0.242 e. The topological polar surface area (TPSA) is 49.9 Å². The van der Waals surface area contributed by atoms with Crippen molar-refractivity contribution in [3.63, 3.8) is 0 Å². The van der Waals surface area contributed by atoms with Crippen molar-refractivity contribution in [1.82, 2.24) is 4.98 Å². The molecule has 2 aromatic carbocycles. The van der Waals surface area contributed by atoms with Gasteiger partial charge in [-0.1, -0.05) is 12.1 Å². The van der Waals surface area contributed by atoms with Gasteiger partial charge in [-0.05, 0) is 23.8 Å². The maximum absolute atomic E-state index is 13.5. The number of carbonyl (C=O) groups is 2. The number of fused-ring (bicyclic) bond motifs is 1. The van der Waals surface area contributed by atoms with Crippen molar-refractivity contribution < 1.29 is 22.8 Å². The number of carbonyl (C=O) groups excluding carboxylic acids is 2. The Bertz CT molecular complexity index is 898. The fourth-order valence-electron chi connectivity index (χ4n) is 2.35. The first-order chi connectivity index (χ1) is 10.5. The summed E-state index contributed by atoms with van der Waals surface area (Å²) in [5.74, 6) is -3.51. The van der Waals surface area contributed by atoms with Gasteiger partial charge in [-0.2, -0.15) is 0 Å². The number of rotatable bonds is 3. The molecule has 22 heavy (non-hydrogen) atoms. The lowest BCUT2D eigenvalue weighted by Gasteiger charge is -2.03. The van der Waals surface area contributed by atoms with E-state index in [4.69, 9.17) is 0 Å². The predicted octanol–water partition coefficient (Wildman–Crippen LogP) is 3.63. The van der Waals surface area contributed by atoms with Crippen LogP contribution < -0.4 is 0 Å². The van der Waals surface area contributed by atoms with E-state index in [1.165, 1.54) is 24.3 Å². The highest BCUT2D eigenvalue weighted by atomic mass is 19.2. The van der Waals surface area contributed by atoms with Gasteiger partial charge in [0.25, 0.3) is 0 Å². The Balaban J connectivity index is 2.38. The molecule has 0 aliphatic rings. The Morgan fingerprint density at radius 1 is 1.00 bits per heavy atom. The van der Waals surface area contributed by atoms with Crippen LogP contribution in [0.2, 0.25) is 0 Å².